The molecule has 0 atom stereocenters. The summed E-state index contributed by atoms with van der Waals surface area (Å²) in [4.78, 5) is 12.4. The van der Waals surface area contributed by atoms with Gasteiger partial charge in [-0.1, -0.05) is 48.5 Å². The summed E-state index contributed by atoms with van der Waals surface area (Å²) in [5, 5.41) is 12.3. The van der Waals surface area contributed by atoms with E-state index in [4.69, 9.17) is 9.47 Å². The molecule has 0 saturated carbocycles. The van der Waals surface area contributed by atoms with Gasteiger partial charge in [-0.15, -0.1) is 0 Å². The highest BCUT2D eigenvalue weighted by Gasteiger charge is 2.11. The number of nitriles is 1. The zero-order chi connectivity index (χ0) is 23.5. The van der Waals surface area contributed by atoms with Crippen LogP contribution in [0, 0.1) is 17.1 Å². The molecule has 0 unspecified atom stereocenters. The van der Waals surface area contributed by atoms with Gasteiger partial charge < -0.3 is 14.8 Å². The Hall–Kier alpha value is -4.11. The highest BCUT2D eigenvalue weighted by Crippen LogP contribution is 2.30. The maximum atomic E-state index is 13.1. The van der Waals surface area contributed by atoms with Crippen molar-refractivity contribution in [3.8, 4) is 17.6 Å². The van der Waals surface area contributed by atoms with Crippen LogP contribution in [0.25, 0.3) is 6.08 Å². The average Bonchev–Trinajstić information content (AvgIpc) is 2.84. The molecule has 0 fully saturated rings. The molecule has 0 saturated heterocycles. The van der Waals surface area contributed by atoms with Crippen molar-refractivity contribution in [3.63, 3.8) is 0 Å². The Balaban J connectivity index is 1.67. The number of hydrogen-bond acceptors (Lipinski definition) is 4. The van der Waals surface area contributed by atoms with Crippen LogP contribution >= 0.6 is 0 Å². The predicted octanol–water partition coefficient (Wildman–Crippen LogP) is 5.07. The van der Waals surface area contributed by atoms with Gasteiger partial charge in [0.2, 0.25) is 0 Å². The molecule has 168 valence electrons. The van der Waals surface area contributed by atoms with Gasteiger partial charge in [0.15, 0.2) is 11.5 Å². The summed E-state index contributed by atoms with van der Waals surface area (Å²) in [6.45, 7) is 2.96. The molecule has 3 aromatic carbocycles. The van der Waals surface area contributed by atoms with Crippen LogP contribution in [-0.2, 0) is 17.8 Å². The lowest BCUT2D eigenvalue weighted by Crippen LogP contribution is -2.26. The van der Waals surface area contributed by atoms with Crippen LogP contribution in [0.1, 0.15) is 23.6 Å². The lowest BCUT2D eigenvalue weighted by molar-refractivity contribution is -0.117. The standard InChI is InChI=1S/C27H25FN2O3/c1-2-32-26-17-22(10-13-25(26)33-19-21-8-11-24(28)12-9-21)16-23(18-29)27(31)30-15-14-20-6-4-3-5-7-20/h3-13,16-17H,2,14-15,19H2,1H3,(H,30,31)/b23-16+. The molecule has 0 aliphatic carbocycles. The SMILES string of the molecule is CCOc1cc(/C=C(\C#N)C(=O)NCCc2ccccc2)ccc1OCc1ccc(F)cc1. The molecule has 3 rings (SSSR count). The molecule has 1 amide bonds. The molecular weight excluding hydrogens is 419 g/mol. The minimum Gasteiger partial charge on any atom is -0.490 e. The monoisotopic (exact) mass is 444 g/mol. The summed E-state index contributed by atoms with van der Waals surface area (Å²) in [5.41, 5.74) is 2.58. The molecule has 0 radical (unpaired) electrons. The second kappa shape index (κ2) is 12.1. The van der Waals surface area contributed by atoms with E-state index >= 15 is 0 Å². The number of rotatable bonds is 10. The first-order valence-corrected chi connectivity index (χ1v) is 10.7. The smallest absolute Gasteiger partial charge is 0.261 e. The minimum absolute atomic E-state index is 0.00508. The van der Waals surface area contributed by atoms with E-state index < -0.39 is 5.91 Å². The third-order valence-electron chi connectivity index (χ3n) is 4.79. The van der Waals surface area contributed by atoms with Gasteiger partial charge in [-0.3, -0.25) is 4.79 Å². The Kier molecular flexibility index (Phi) is 8.61. The molecule has 6 heteroatoms. The van der Waals surface area contributed by atoms with Crippen molar-refractivity contribution in [2.75, 3.05) is 13.2 Å². The fourth-order valence-electron chi connectivity index (χ4n) is 3.12. The Labute approximate surface area is 193 Å². The number of amides is 1. The largest absolute Gasteiger partial charge is 0.490 e. The van der Waals surface area contributed by atoms with Crippen LogP contribution in [0.4, 0.5) is 4.39 Å². The predicted molar refractivity (Wildman–Crippen MR) is 125 cm³/mol. The summed E-state index contributed by atoms with van der Waals surface area (Å²) in [6.07, 6.45) is 2.20. The first-order valence-electron chi connectivity index (χ1n) is 10.7. The van der Waals surface area contributed by atoms with Crippen molar-refractivity contribution in [2.45, 2.75) is 20.0 Å². The number of nitrogens with one attached hydrogen (secondary N) is 1. The number of ether oxygens (including phenoxy) is 2. The maximum absolute atomic E-state index is 13.1. The summed E-state index contributed by atoms with van der Waals surface area (Å²) < 4.78 is 24.6. The topological polar surface area (TPSA) is 71.3 Å². The fourth-order valence-corrected chi connectivity index (χ4v) is 3.12. The average molecular weight is 445 g/mol. The highest BCUT2D eigenvalue weighted by atomic mass is 19.1. The van der Waals surface area contributed by atoms with E-state index in [2.05, 4.69) is 5.32 Å². The number of hydrogen-bond donors (Lipinski definition) is 1. The van der Waals surface area contributed by atoms with E-state index in [0.717, 1.165) is 11.1 Å². The van der Waals surface area contributed by atoms with Crippen LogP contribution in [0.5, 0.6) is 11.5 Å². The second-order valence-corrected chi connectivity index (χ2v) is 7.22. The Morgan fingerprint density at radius 3 is 2.45 bits per heavy atom. The molecule has 33 heavy (non-hydrogen) atoms. The molecular formula is C27H25FN2O3. The lowest BCUT2D eigenvalue weighted by Gasteiger charge is -2.13. The number of halogens is 1. The first kappa shape index (κ1) is 23.6. The number of nitrogens with zero attached hydrogens (tertiary/aromatic N) is 1. The van der Waals surface area contributed by atoms with Crippen LogP contribution < -0.4 is 14.8 Å². The van der Waals surface area contributed by atoms with Gasteiger partial charge >= 0.3 is 0 Å². The summed E-state index contributed by atoms with van der Waals surface area (Å²) in [7, 11) is 0. The second-order valence-electron chi connectivity index (χ2n) is 7.22. The zero-order valence-electron chi connectivity index (χ0n) is 18.4. The summed E-state index contributed by atoms with van der Waals surface area (Å²) >= 11 is 0. The van der Waals surface area contributed by atoms with Crippen molar-refractivity contribution < 1.29 is 18.7 Å². The quantitative estimate of drug-likeness (QED) is 0.350. The molecule has 3 aromatic rings. The van der Waals surface area contributed by atoms with Crippen LogP contribution in [0.15, 0.2) is 78.4 Å². The molecule has 0 spiro atoms. The van der Waals surface area contributed by atoms with E-state index in [1.807, 2.05) is 43.3 Å². The number of benzene rings is 3. The summed E-state index contributed by atoms with van der Waals surface area (Å²) in [6, 6.07) is 23.0. The Morgan fingerprint density at radius 2 is 1.76 bits per heavy atom. The molecule has 0 bridgehead atoms. The normalized spacial score (nSPS) is 10.9. The van der Waals surface area contributed by atoms with Crippen molar-refractivity contribution >= 4 is 12.0 Å². The molecule has 0 heterocycles. The van der Waals surface area contributed by atoms with E-state index in [1.165, 1.54) is 18.2 Å². The van der Waals surface area contributed by atoms with Crippen molar-refractivity contribution in [1.29, 1.82) is 5.26 Å². The van der Waals surface area contributed by atoms with Gasteiger partial charge in [0.25, 0.3) is 5.91 Å². The minimum atomic E-state index is -0.428. The van der Waals surface area contributed by atoms with Crippen molar-refractivity contribution in [2.24, 2.45) is 0 Å². The van der Waals surface area contributed by atoms with E-state index in [-0.39, 0.29) is 18.0 Å². The molecule has 1 N–H and O–H groups in total. The van der Waals surface area contributed by atoms with Crippen LogP contribution in [0.3, 0.4) is 0 Å². The lowest BCUT2D eigenvalue weighted by atomic mass is 10.1. The van der Waals surface area contributed by atoms with Gasteiger partial charge in [-0.2, -0.15) is 5.26 Å². The number of carbonyl (C=O) groups excluding carboxylic acids is 1. The Morgan fingerprint density at radius 1 is 1.00 bits per heavy atom. The molecule has 0 aromatic heterocycles. The molecule has 0 aliphatic rings. The molecule has 0 aliphatic heterocycles. The van der Waals surface area contributed by atoms with Crippen LogP contribution in [0.2, 0.25) is 0 Å². The third kappa shape index (κ3) is 7.22. The Bertz CT molecular complexity index is 1140. The number of carbonyl (C=O) groups is 1. The van der Waals surface area contributed by atoms with Gasteiger partial charge in [0.05, 0.1) is 6.61 Å². The zero-order valence-corrected chi connectivity index (χ0v) is 18.4. The van der Waals surface area contributed by atoms with Gasteiger partial charge in [0.1, 0.15) is 24.1 Å². The highest BCUT2D eigenvalue weighted by molar-refractivity contribution is 6.01. The summed E-state index contributed by atoms with van der Waals surface area (Å²) in [5.74, 6) is 0.282. The van der Waals surface area contributed by atoms with Crippen molar-refractivity contribution in [1.82, 2.24) is 5.32 Å². The van der Waals surface area contributed by atoms with E-state index in [1.54, 1.807) is 30.3 Å². The molecule has 5 nitrogen and oxygen atoms in total. The van der Waals surface area contributed by atoms with Crippen molar-refractivity contribution in [3.05, 3.63) is 101 Å². The van der Waals surface area contributed by atoms with Crippen LogP contribution in [-0.4, -0.2) is 19.1 Å². The van der Waals surface area contributed by atoms with Gasteiger partial charge in [-0.25, -0.2) is 4.39 Å². The third-order valence-corrected chi connectivity index (χ3v) is 4.79. The fraction of sp³-hybridized carbons (Fsp3) is 0.185. The van der Waals surface area contributed by atoms with Gasteiger partial charge in [-0.05, 0) is 60.4 Å². The first-order chi connectivity index (χ1) is 16.1. The van der Waals surface area contributed by atoms with E-state index in [0.29, 0.717) is 36.6 Å². The maximum Gasteiger partial charge on any atom is 0.261 e. The van der Waals surface area contributed by atoms with E-state index in [9.17, 15) is 14.4 Å². The van der Waals surface area contributed by atoms with Gasteiger partial charge in [0, 0.05) is 6.54 Å².